The third-order valence-corrected chi connectivity index (χ3v) is 5.76. The summed E-state index contributed by atoms with van der Waals surface area (Å²) in [6.07, 6.45) is 3.28. The van der Waals surface area contributed by atoms with Crippen molar-refractivity contribution in [2.45, 2.75) is 37.1 Å². The predicted octanol–water partition coefficient (Wildman–Crippen LogP) is 2.84. The van der Waals surface area contributed by atoms with Gasteiger partial charge >= 0.3 is 0 Å². The molecule has 1 aliphatic heterocycles. The SMILES string of the molecule is COc1ccc(C[C@H]2NCCC[C@H]2CO)cc1.Cc1ccc(S(=O)(=O)O)cc1. The Bertz CT molecular complexity index is 819. The molecule has 1 saturated heterocycles. The highest BCUT2D eigenvalue weighted by Crippen LogP contribution is 2.20. The first-order valence-electron chi connectivity index (χ1n) is 9.35. The van der Waals surface area contributed by atoms with Gasteiger partial charge in [-0.3, -0.25) is 4.55 Å². The molecule has 2 aromatic rings. The molecule has 0 bridgehead atoms. The van der Waals surface area contributed by atoms with Crippen LogP contribution in [0, 0.1) is 12.8 Å². The predicted molar refractivity (Wildman–Crippen MR) is 109 cm³/mol. The summed E-state index contributed by atoms with van der Waals surface area (Å²) >= 11 is 0. The van der Waals surface area contributed by atoms with E-state index in [1.807, 2.05) is 19.1 Å². The van der Waals surface area contributed by atoms with E-state index in [1.165, 1.54) is 24.1 Å². The molecule has 1 heterocycles. The van der Waals surface area contributed by atoms with Gasteiger partial charge < -0.3 is 15.2 Å². The van der Waals surface area contributed by atoms with E-state index in [1.54, 1.807) is 19.2 Å². The van der Waals surface area contributed by atoms with E-state index in [0.717, 1.165) is 30.7 Å². The fraction of sp³-hybridized carbons (Fsp3) is 0.429. The van der Waals surface area contributed by atoms with Crippen LogP contribution in [-0.4, -0.2) is 44.4 Å². The van der Waals surface area contributed by atoms with Crippen LogP contribution in [0.5, 0.6) is 5.75 Å². The number of nitrogens with one attached hydrogen (secondary N) is 1. The van der Waals surface area contributed by atoms with E-state index in [9.17, 15) is 13.5 Å². The molecule has 2 atom stereocenters. The maximum Gasteiger partial charge on any atom is 0.294 e. The summed E-state index contributed by atoms with van der Waals surface area (Å²) in [7, 11) is -2.34. The lowest BCUT2D eigenvalue weighted by Crippen LogP contribution is -2.44. The van der Waals surface area contributed by atoms with Crippen molar-refractivity contribution in [2.24, 2.45) is 5.92 Å². The number of benzene rings is 2. The van der Waals surface area contributed by atoms with Gasteiger partial charge in [0.2, 0.25) is 0 Å². The minimum Gasteiger partial charge on any atom is -0.497 e. The fourth-order valence-electron chi connectivity index (χ4n) is 3.20. The molecule has 0 radical (unpaired) electrons. The Morgan fingerprint density at radius 2 is 1.75 bits per heavy atom. The highest BCUT2D eigenvalue weighted by molar-refractivity contribution is 7.85. The lowest BCUT2D eigenvalue weighted by molar-refractivity contribution is 0.159. The van der Waals surface area contributed by atoms with Crippen molar-refractivity contribution in [3.8, 4) is 5.75 Å². The number of methoxy groups -OCH3 is 1. The average Bonchev–Trinajstić information content (AvgIpc) is 2.69. The number of hydrogen-bond acceptors (Lipinski definition) is 5. The fourth-order valence-corrected chi connectivity index (χ4v) is 3.68. The van der Waals surface area contributed by atoms with Crippen molar-refractivity contribution in [3.05, 3.63) is 59.7 Å². The number of hydrogen-bond donors (Lipinski definition) is 3. The minimum atomic E-state index is -4.02. The average molecular weight is 408 g/mol. The van der Waals surface area contributed by atoms with Gasteiger partial charge in [0.25, 0.3) is 10.1 Å². The Labute approximate surface area is 167 Å². The van der Waals surface area contributed by atoms with E-state index in [-0.39, 0.29) is 11.5 Å². The van der Waals surface area contributed by atoms with Crippen LogP contribution < -0.4 is 10.1 Å². The number of aliphatic hydroxyl groups excluding tert-OH is 1. The quantitative estimate of drug-likeness (QED) is 0.660. The normalized spacial score (nSPS) is 19.4. The van der Waals surface area contributed by atoms with E-state index < -0.39 is 10.1 Å². The maximum atomic E-state index is 10.5. The molecule has 0 unspecified atom stereocenters. The van der Waals surface area contributed by atoms with Crippen LogP contribution in [0.15, 0.2) is 53.4 Å². The van der Waals surface area contributed by atoms with Gasteiger partial charge in [-0.1, -0.05) is 29.8 Å². The van der Waals surface area contributed by atoms with Crippen LogP contribution in [-0.2, 0) is 16.5 Å². The monoisotopic (exact) mass is 407 g/mol. The standard InChI is InChI=1S/C14H21NO2.C7H8O3S/c1-17-13-6-4-11(5-7-13)9-14-12(10-16)3-2-8-15-14;1-6-2-4-7(5-3-6)11(8,9)10/h4-7,12,14-16H,2-3,8-10H2,1H3;2-5H,1H3,(H,8,9,10)/t12-,14+;/m0./s1. The summed E-state index contributed by atoms with van der Waals surface area (Å²) in [6.45, 7) is 3.19. The molecule has 2 aromatic carbocycles. The van der Waals surface area contributed by atoms with Gasteiger partial charge in [-0.05, 0) is 68.5 Å². The van der Waals surface area contributed by atoms with Gasteiger partial charge in [0, 0.05) is 12.6 Å². The van der Waals surface area contributed by atoms with E-state index in [2.05, 4.69) is 17.4 Å². The number of piperidine rings is 1. The summed E-state index contributed by atoms with van der Waals surface area (Å²) in [5, 5.41) is 12.9. The lowest BCUT2D eigenvalue weighted by Gasteiger charge is -2.31. The van der Waals surface area contributed by atoms with Crippen LogP contribution in [0.25, 0.3) is 0 Å². The van der Waals surface area contributed by atoms with Crippen molar-refractivity contribution in [2.75, 3.05) is 20.3 Å². The Balaban J connectivity index is 0.000000221. The molecule has 7 heteroatoms. The van der Waals surface area contributed by atoms with Crippen molar-refractivity contribution in [3.63, 3.8) is 0 Å². The zero-order valence-corrected chi connectivity index (χ0v) is 17.2. The molecule has 1 aliphatic rings. The number of aryl methyl sites for hydroxylation is 1. The van der Waals surface area contributed by atoms with Crippen LogP contribution in [0.1, 0.15) is 24.0 Å². The van der Waals surface area contributed by atoms with Crippen LogP contribution in [0.4, 0.5) is 0 Å². The second-order valence-corrected chi connectivity index (χ2v) is 8.41. The lowest BCUT2D eigenvalue weighted by atomic mass is 9.87. The third-order valence-electron chi connectivity index (χ3n) is 4.90. The maximum absolute atomic E-state index is 10.5. The van der Waals surface area contributed by atoms with Crippen molar-refractivity contribution < 1.29 is 22.8 Å². The van der Waals surface area contributed by atoms with Gasteiger partial charge in [0.1, 0.15) is 5.75 Å². The highest BCUT2D eigenvalue weighted by atomic mass is 32.2. The largest absolute Gasteiger partial charge is 0.497 e. The summed E-state index contributed by atoms with van der Waals surface area (Å²) in [6, 6.07) is 14.6. The Kier molecular flexibility index (Phi) is 8.44. The van der Waals surface area contributed by atoms with Gasteiger partial charge in [-0.25, -0.2) is 0 Å². The van der Waals surface area contributed by atoms with Gasteiger partial charge in [0.05, 0.1) is 12.0 Å². The molecule has 28 heavy (non-hydrogen) atoms. The summed E-state index contributed by atoms with van der Waals surface area (Å²) in [5.41, 5.74) is 2.25. The summed E-state index contributed by atoms with van der Waals surface area (Å²) < 4.78 is 34.7. The van der Waals surface area contributed by atoms with Crippen LogP contribution in [0.3, 0.4) is 0 Å². The van der Waals surface area contributed by atoms with E-state index >= 15 is 0 Å². The first kappa shape index (κ1) is 22.4. The van der Waals surface area contributed by atoms with Gasteiger partial charge in [-0.15, -0.1) is 0 Å². The van der Waals surface area contributed by atoms with Gasteiger partial charge in [0.15, 0.2) is 0 Å². The molecule has 154 valence electrons. The molecule has 0 saturated carbocycles. The van der Waals surface area contributed by atoms with E-state index in [4.69, 9.17) is 9.29 Å². The van der Waals surface area contributed by atoms with Crippen molar-refractivity contribution in [1.82, 2.24) is 5.32 Å². The smallest absolute Gasteiger partial charge is 0.294 e. The molecule has 6 nitrogen and oxygen atoms in total. The second kappa shape index (κ2) is 10.6. The zero-order valence-electron chi connectivity index (χ0n) is 16.3. The first-order valence-corrected chi connectivity index (χ1v) is 10.8. The summed E-state index contributed by atoms with van der Waals surface area (Å²) in [4.78, 5) is -0.0666. The summed E-state index contributed by atoms with van der Waals surface area (Å²) in [5.74, 6) is 1.29. The molecule has 0 aromatic heterocycles. The third kappa shape index (κ3) is 6.91. The molecule has 3 N–H and O–H groups in total. The molecule has 1 fully saturated rings. The Morgan fingerprint density at radius 1 is 1.11 bits per heavy atom. The zero-order chi connectivity index (χ0) is 20.6. The van der Waals surface area contributed by atoms with Crippen molar-refractivity contribution in [1.29, 1.82) is 0 Å². The number of ether oxygens (including phenoxy) is 1. The molecule has 0 amide bonds. The second-order valence-electron chi connectivity index (χ2n) is 6.99. The molecule has 3 rings (SSSR count). The molecular formula is C21H29NO5S. The number of rotatable bonds is 5. The molecule has 0 spiro atoms. The minimum absolute atomic E-state index is 0.0666. The van der Waals surface area contributed by atoms with E-state index in [0.29, 0.717) is 12.0 Å². The molecule has 0 aliphatic carbocycles. The first-order chi connectivity index (χ1) is 13.3. The van der Waals surface area contributed by atoms with Crippen LogP contribution >= 0.6 is 0 Å². The topological polar surface area (TPSA) is 95.9 Å². The molecular weight excluding hydrogens is 378 g/mol. The number of aliphatic hydroxyl groups is 1. The Hall–Kier alpha value is -1.93. The highest BCUT2D eigenvalue weighted by Gasteiger charge is 2.23. The Morgan fingerprint density at radius 3 is 2.29 bits per heavy atom. The van der Waals surface area contributed by atoms with Crippen LogP contribution in [0.2, 0.25) is 0 Å². The van der Waals surface area contributed by atoms with Crippen molar-refractivity contribution >= 4 is 10.1 Å². The van der Waals surface area contributed by atoms with Gasteiger partial charge in [-0.2, -0.15) is 8.42 Å².